The van der Waals surface area contributed by atoms with E-state index in [4.69, 9.17) is 4.42 Å². The van der Waals surface area contributed by atoms with Gasteiger partial charge in [0.2, 0.25) is 5.82 Å². The van der Waals surface area contributed by atoms with E-state index in [1.54, 1.807) is 23.9 Å². The van der Waals surface area contributed by atoms with Crippen molar-refractivity contribution in [3.05, 3.63) is 47.5 Å². The summed E-state index contributed by atoms with van der Waals surface area (Å²) in [5.74, 6) is 3.81. The zero-order valence-electron chi connectivity index (χ0n) is 19.7. The van der Waals surface area contributed by atoms with E-state index in [1.165, 1.54) is 18.5 Å². The van der Waals surface area contributed by atoms with Gasteiger partial charge in [-0.3, -0.25) is 0 Å². The predicted octanol–water partition coefficient (Wildman–Crippen LogP) is 5.83. The van der Waals surface area contributed by atoms with E-state index < -0.39 is 11.7 Å². The molecule has 0 N–H and O–H groups in total. The maximum Gasteiger partial charge on any atom is 0.416 e. The van der Waals surface area contributed by atoms with Gasteiger partial charge >= 0.3 is 6.18 Å². The smallest absolute Gasteiger partial charge is 0.416 e. The lowest BCUT2D eigenvalue weighted by Gasteiger charge is -2.21. The van der Waals surface area contributed by atoms with Crippen molar-refractivity contribution >= 4 is 24.2 Å². The summed E-state index contributed by atoms with van der Waals surface area (Å²) in [6, 6.07) is 5.83. The molecular weight excluding hydrogens is 499 g/mol. The second kappa shape index (κ2) is 10.5. The number of benzene rings is 1. The van der Waals surface area contributed by atoms with E-state index >= 15 is 0 Å². The monoisotopic (exact) mass is 527 g/mol. The Bertz CT molecular complexity index is 1130. The number of likely N-dealkylation sites (tertiary alicyclic amines) is 1. The summed E-state index contributed by atoms with van der Waals surface area (Å²) < 4.78 is 46.1. The quantitative estimate of drug-likeness (QED) is 0.285. The van der Waals surface area contributed by atoms with Crippen LogP contribution < -0.4 is 0 Å². The lowest BCUT2D eigenvalue weighted by atomic mass is 9.86. The molecule has 3 heterocycles. The van der Waals surface area contributed by atoms with Crippen molar-refractivity contribution in [1.82, 2.24) is 24.6 Å². The number of alkyl halides is 3. The van der Waals surface area contributed by atoms with Crippen LogP contribution in [-0.2, 0) is 13.2 Å². The van der Waals surface area contributed by atoms with Gasteiger partial charge in [-0.15, -0.1) is 22.6 Å². The first-order valence-corrected chi connectivity index (χ1v) is 12.6. The molecule has 0 amide bonds. The molecule has 11 heteroatoms. The Labute approximate surface area is 213 Å². The molecule has 6 nitrogen and oxygen atoms in total. The highest BCUT2D eigenvalue weighted by Crippen LogP contribution is 2.47. The second-order valence-corrected chi connectivity index (χ2v) is 10.4. The van der Waals surface area contributed by atoms with Crippen LogP contribution in [0.25, 0.3) is 11.6 Å². The number of thioether (sulfide) groups is 1. The number of nitrogens with zero attached hydrogens (tertiary/aromatic N) is 5. The Morgan fingerprint density at radius 3 is 2.57 bits per heavy atom. The number of hydrogen-bond donors (Lipinski definition) is 0. The fraction of sp³-hybridized carbons (Fsp3) is 0.542. The number of hydrogen-bond acceptors (Lipinski definition) is 6. The highest BCUT2D eigenvalue weighted by Gasteiger charge is 2.43. The third-order valence-electron chi connectivity index (χ3n) is 7.23. The normalized spacial score (nSPS) is 22.4. The molecule has 5 rings (SSSR count). The van der Waals surface area contributed by atoms with E-state index in [1.807, 2.05) is 18.5 Å². The predicted molar refractivity (Wildman–Crippen MR) is 131 cm³/mol. The minimum absolute atomic E-state index is 0. The minimum Gasteiger partial charge on any atom is -0.440 e. The molecule has 1 aliphatic carbocycles. The van der Waals surface area contributed by atoms with Crippen LogP contribution >= 0.6 is 24.2 Å². The molecule has 2 aromatic heterocycles. The maximum absolute atomic E-state index is 12.9. The average molecular weight is 528 g/mol. The summed E-state index contributed by atoms with van der Waals surface area (Å²) >= 11 is 1.69. The first-order valence-electron chi connectivity index (χ1n) is 11.6. The van der Waals surface area contributed by atoms with Crippen LogP contribution in [0.5, 0.6) is 0 Å². The molecule has 2 fully saturated rings. The van der Waals surface area contributed by atoms with Crippen LogP contribution in [-0.4, -0.2) is 50.0 Å². The Kier molecular flexibility index (Phi) is 7.83. The molecule has 0 spiro atoms. The van der Waals surface area contributed by atoms with Crippen LogP contribution in [0.1, 0.15) is 42.0 Å². The van der Waals surface area contributed by atoms with Gasteiger partial charge in [-0.05, 0) is 68.2 Å². The van der Waals surface area contributed by atoms with Gasteiger partial charge in [0.05, 0.1) is 11.3 Å². The summed E-state index contributed by atoms with van der Waals surface area (Å²) in [6.45, 7) is 5.02. The number of halogens is 4. The zero-order valence-corrected chi connectivity index (χ0v) is 21.3. The molecular formula is C24H29ClF3N5OS. The highest BCUT2D eigenvalue weighted by atomic mass is 35.5. The average Bonchev–Trinajstić information content (AvgIpc) is 3.56. The molecule has 1 saturated heterocycles. The summed E-state index contributed by atoms with van der Waals surface area (Å²) in [7, 11) is 1.93. The molecule has 0 radical (unpaired) electrons. The van der Waals surface area contributed by atoms with E-state index in [0.29, 0.717) is 29.3 Å². The van der Waals surface area contributed by atoms with Crippen LogP contribution in [0.2, 0.25) is 0 Å². The zero-order chi connectivity index (χ0) is 23.9. The number of aromatic nitrogens is 4. The number of aryl methyl sites for hydroxylation is 1. The Morgan fingerprint density at radius 2 is 1.89 bits per heavy atom. The Balaban J connectivity index is 0.00000289. The van der Waals surface area contributed by atoms with Crippen molar-refractivity contribution in [3.8, 4) is 11.6 Å². The van der Waals surface area contributed by atoms with Crippen LogP contribution in [0.4, 0.5) is 13.2 Å². The van der Waals surface area contributed by atoms with Gasteiger partial charge in [0.1, 0.15) is 0 Å². The first-order chi connectivity index (χ1) is 16.3. The second-order valence-electron chi connectivity index (χ2n) is 9.32. The Hall–Kier alpha value is -2.04. The summed E-state index contributed by atoms with van der Waals surface area (Å²) in [4.78, 5) is 6.64. The molecule has 2 aliphatic rings. The summed E-state index contributed by atoms with van der Waals surface area (Å²) in [5, 5.41) is 9.41. The van der Waals surface area contributed by atoms with E-state index in [9.17, 15) is 13.2 Å². The molecule has 1 aliphatic heterocycles. The molecule has 0 bridgehead atoms. The third-order valence-corrected chi connectivity index (χ3v) is 8.34. The maximum atomic E-state index is 12.9. The molecule has 3 aromatic rings. The van der Waals surface area contributed by atoms with Crippen molar-refractivity contribution in [3.63, 3.8) is 0 Å². The van der Waals surface area contributed by atoms with Gasteiger partial charge in [-0.25, -0.2) is 4.98 Å². The SMILES string of the molecule is Cc1ncoc1-c1nnc(SCCCN2C[C@H]3CC[C@H](c4ccc(C(F)(F)F)cc4)[C@H]3C2)n1C.Cl. The minimum atomic E-state index is -4.28. The largest absolute Gasteiger partial charge is 0.440 e. The van der Waals surface area contributed by atoms with Gasteiger partial charge in [-0.1, -0.05) is 23.9 Å². The van der Waals surface area contributed by atoms with Gasteiger partial charge in [0.15, 0.2) is 17.3 Å². The van der Waals surface area contributed by atoms with Gasteiger partial charge in [0, 0.05) is 25.9 Å². The van der Waals surface area contributed by atoms with Crippen molar-refractivity contribution in [2.45, 2.75) is 43.4 Å². The molecule has 3 atom stereocenters. The fourth-order valence-electron chi connectivity index (χ4n) is 5.48. The van der Waals surface area contributed by atoms with Crippen LogP contribution in [0.15, 0.2) is 40.2 Å². The number of fused-ring (bicyclic) bond motifs is 1. The van der Waals surface area contributed by atoms with Crippen molar-refractivity contribution < 1.29 is 17.6 Å². The van der Waals surface area contributed by atoms with Gasteiger partial charge in [-0.2, -0.15) is 13.2 Å². The third kappa shape index (κ3) is 5.39. The summed E-state index contributed by atoms with van der Waals surface area (Å²) in [5.41, 5.74) is 1.28. The van der Waals surface area contributed by atoms with E-state index in [0.717, 1.165) is 61.1 Å². The Morgan fingerprint density at radius 1 is 1.11 bits per heavy atom. The molecule has 35 heavy (non-hydrogen) atoms. The van der Waals surface area contributed by atoms with Crippen molar-refractivity contribution in [1.29, 1.82) is 0 Å². The fourth-order valence-corrected chi connectivity index (χ4v) is 6.31. The van der Waals surface area contributed by atoms with E-state index in [-0.39, 0.29) is 12.4 Å². The lowest BCUT2D eigenvalue weighted by Crippen LogP contribution is -2.24. The van der Waals surface area contributed by atoms with Crippen molar-refractivity contribution in [2.24, 2.45) is 18.9 Å². The molecule has 190 valence electrons. The standard InChI is InChI=1S/C24H28F3N5OS.ClH/c1-15-21(33-14-28-15)22-29-30-23(31(22)2)34-11-3-10-32-12-17-6-9-19(20(17)13-32)16-4-7-18(8-5-16)24(25,26)27;/h4-5,7-8,14,17,19-20H,3,6,9-13H2,1-2H3;1H/t17-,19-,20+;/m1./s1. The van der Waals surface area contributed by atoms with Gasteiger partial charge < -0.3 is 13.9 Å². The van der Waals surface area contributed by atoms with Crippen LogP contribution in [0, 0.1) is 18.8 Å². The molecule has 1 aromatic carbocycles. The van der Waals surface area contributed by atoms with Crippen molar-refractivity contribution in [2.75, 3.05) is 25.4 Å². The highest BCUT2D eigenvalue weighted by molar-refractivity contribution is 7.99. The van der Waals surface area contributed by atoms with Gasteiger partial charge in [0.25, 0.3) is 0 Å². The van der Waals surface area contributed by atoms with E-state index in [2.05, 4.69) is 20.1 Å². The topological polar surface area (TPSA) is 60.0 Å². The number of rotatable bonds is 7. The molecule has 1 saturated carbocycles. The molecule has 0 unspecified atom stereocenters. The van der Waals surface area contributed by atoms with Crippen LogP contribution in [0.3, 0.4) is 0 Å². The lowest BCUT2D eigenvalue weighted by molar-refractivity contribution is -0.137. The summed E-state index contributed by atoms with van der Waals surface area (Å²) in [6.07, 6.45) is 0.409. The number of oxazole rings is 1. The first kappa shape index (κ1) is 26.0.